The summed E-state index contributed by atoms with van der Waals surface area (Å²) in [7, 11) is 0. The number of benzene rings is 1. The molecule has 3 rings (SSSR count). The zero-order valence-corrected chi connectivity index (χ0v) is 17.4. The number of hydrogen-bond acceptors (Lipinski definition) is 8. The molecule has 1 aromatic heterocycles. The van der Waals surface area contributed by atoms with Crippen LogP contribution in [0.1, 0.15) is 18.6 Å². The van der Waals surface area contributed by atoms with Crippen LogP contribution in [0.3, 0.4) is 0 Å². The quantitative estimate of drug-likeness (QED) is 0.261. The predicted molar refractivity (Wildman–Crippen MR) is 116 cm³/mol. The van der Waals surface area contributed by atoms with E-state index in [4.69, 9.17) is 22.4 Å². The van der Waals surface area contributed by atoms with Crippen LogP contribution in [0.15, 0.2) is 45.7 Å². The molecule has 1 fully saturated rings. The second kappa shape index (κ2) is 9.10. The molecule has 3 N–H and O–H groups in total. The maximum absolute atomic E-state index is 12.8. The van der Waals surface area contributed by atoms with Gasteiger partial charge in [0, 0.05) is 30.2 Å². The van der Waals surface area contributed by atoms with Crippen LogP contribution in [0, 0.1) is 10.1 Å². The Morgan fingerprint density at radius 2 is 2.10 bits per heavy atom. The van der Waals surface area contributed by atoms with Crippen molar-refractivity contribution in [1.82, 2.24) is 4.90 Å². The van der Waals surface area contributed by atoms with Crippen molar-refractivity contribution >= 4 is 57.8 Å². The maximum atomic E-state index is 12.8. The number of carbonyl (C=O) groups excluding carboxylic acids is 2. The molecule has 1 unspecified atom stereocenters. The minimum absolute atomic E-state index is 0.0404. The summed E-state index contributed by atoms with van der Waals surface area (Å²) >= 11 is 6.07. The second-order valence-corrected chi connectivity index (χ2v) is 8.10. The Labute approximate surface area is 184 Å². The van der Waals surface area contributed by atoms with Gasteiger partial charge >= 0.3 is 5.97 Å². The number of thioether (sulfide) groups is 1. The van der Waals surface area contributed by atoms with E-state index in [2.05, 4.69) is 0 Å². The van der Waals surface area contributed by atoms with E-state index >= 15 is 0 Å². The van der Waals surface area contributed by atoms with Gasteiger partial charge in [0.2, 0.25) is 5.91 Å². The summed E-state index contributed by atoms with van der Waals surface area (Å²) in [5, 5.41) is 20.4. The van der Waals surface area contributed by atoms with E-state index in [1.54, 1.807) is 18.2 Å². The van der Waals surface area contributed by atoms with Crippen LogP contribution in [0.2, 0.25) is 0 Å². The van der Waals surface area contributed by atoms with E-state index in [1.165, 1.54) is 24.3 Å². The lowest BCUT2D eigenvalue weighted by molar-refractivity contribution is -0.384. The number of non-ortho nitro benzene ring substituents is 1. The number of amides is 2. The molecule has 1 saturated heterocycles. The number of carboxylic acid groups (broad SMARTS) is 1. The molecular weight excluding hydrogens is 446 g/mol. The molecule has 2 aromatic rings. The summed E-state index contributed by atoms with van der Waals surface area (Å²) in [6.07, 6.45) is 1.03. The Hall–Kier alpha value is -3.51. The van der Waals surface area contributed by atoms with Crippen molar-refractivity contribution in [3.8, 4) is 11.3 Å². The van der Waals surface area contributed by atoms with Gasteiger partial charge in [-0.3, -0.25) is 24.6 Å². The first kappa shape index (κ1) is 22.2. The van der Waals surface area contributed by atoms with Crippen LogP contribution >= 0.6 is 24.0 Å². The highest BCUT2D eigenvalue weighted by molar-refractivity contribution is 8.26. The molecule has 1 atom stereocenters. The molecule has 12 heteroatoms. The van der Waals surface area contributed by atoms with Gasteiger partial charge < -0.3 is 15.3 Å². The fourth-order valence-electron chi connectivity index (χ4n) is 2.88. The minimum atomic E-state index is -1.32. The number of rotatable bonds is 8. The number of thiocarbonyl (C=S) groups is 1. The standard InChI is InChI=1S/C19H15N3O7S2/c20-16(23)7-5-13(18(25)26)21-17(24)15(31-19(21)30)9-12-4-6-14(29-12)10-2-1-3-11(8-10)22(27)28/h1-4,6,8-9,13H,5,7H2,(H2,20,23)(H,25,26)/b15-9+. The molecule has 0 radical (unpaired) electrons. The highest BCUT2D eigenvalue weighted by Crippen LogP contribution is 2.36. The van der Waals surface area contributed by atoms with Crippen molar-refractivity contribution in [3.05, 3.63) is 57.2 Å². The number of furan rings is 1. The first-order valence-corrected chi connectivity index (χ1v) is 10.0. The van der Waals surface area contributed by atoms with Crippen molar-refractivity contribution in [1.29, 1.82) is 0 Å². The molecule has 2 amide bonds. The van der Waals surface area contributed by atoms with Gasteiger partial charge in [-0.25, -0.2) is 4.79 Å². The molecular formula is C19H15N3O7S2. The predicted octanol–water partition coefficient (Wildman–Crippen LogP) is 2.77. The summed E-state index contributed by atoms with van der Waals surface area (Å²) in [6, 6.07) is 7.74. The van der Waals surface area contributed by atoms with Crippen molar-refractivity contribution in [2.75, 3.05) is 0 Å². The number of nitrogens with two attached hydrogens (primary N) is 1. The second-order valence-electron chi connectivity index (χ2n) is 6.42. The van der Waals surface area contributed by atoms with Crippen molar-refractivity contribution < 1.29 is 28.8 Å². The lowest BCUT2D eigenvalue weighted by Crippen LogP contribution is -2.44. The number of aliphatic carboxylic acids is 1. The number of hydrogen-bond donors (Lipinski definition) is 2. The Morgan fingerprint density at radius 3 is 2.74 bits per heavy atom. The topological polar surface area (TPSA) is 157 Å². The van der Waals surface area contributed by atoms with E-state index < -0.39 is 28.7 Å². The first-order chi connectivity index (χ1) is 14.7. The molecule has 1 aliphatic rings. The average Bonchev–Trinajstić information content (AvgIpc) is 3.28. The molecule has 0 aliphatic carbocycles. The lowest BCUT2D eigenvalue weighted by Gasteiger charge is -2.22. The van der Waals surface area contributed by atoms with Crippen molar-refractivity contribution in [2.24, 2.45) is 5.73 Å². The van der Waals surface area contributed by atoms with E-state index in [0.29, 0.717) is 11.3 Å². The van der Waals surface area contributed by atoms with E-state index in [1.807, 2.05) is 0 Å². The first-order valence-electron chi connectivity index (χ1n) is 8.80. The monoisotopic (exact) mass is 461 g/mol. The number of nitro groups is 1. The largest absolute Gasteiger partial charge is 0.480 e. The SMILES string of the molecule is NC(=O)CCC(C(=O)O)N1C(=O)/C(=C\c2ccc(-c3cccc([N+](=O)[O-])c3)o2)SC1=S. The molecule has 1 aromatic carbocycles. The average molecular weight is 461 g/mol. The molecule has 0 bridgehead atoms. The summed E-state index contributed by atoms with van der Waals surface area (Å²) in [4.78, 5) is 46.9. The summed E-state index contributed by atoms with van der Waals surface area (Å²) in [5.74, 6) is -1.97. The van der Waals surface area contributed by atoms with Crippen molar-refractivity contribution in [3.63, 3.8) is 0 Å². The maximum Gasteiger partial charge on any atom is 0.326 e. The molecule has 10 nitrogen and oxygen atoms in total. The third kappa shape index (κ3) is 4.98. The third-order valence-corrected chi connectivity index (χ3v) is 5.66. The molecule has 1 aliphatic heterocycles. The number of primary amides is 1. The van der Waals surface area contributed by atoms with Crippen LogP contribution in [-0.4, -0.2) is 43.1 Å². The van der Waals surface area contributed by atoms with Gasteiger partial charge in [0.25, 0.3) is 11.6 Å². The van der Waals surface area contributed by atoms with Gasteiger partial charge in [-0.2, -0.15) is 0 Å². The summed E-state index contributed by atoms with van der Waals surface area (Å²) in [6.45, 7) is 0. The molecule has 2 heterocycles. The number of nitro benzene ring substituents is 1. The third-order valence-electron chi connectivity index (χ3n) is 4.33. The Bertz CT molecular complexity index is 1130. The molecule has 31 heavy (non-hydrogen) atoms. The molecule has 160 valence electrons. The zero-order chi connectivity index (χ0) is 22.7. The van der Waals surface area contributed by atoms with Crippen molar-refractivity contribution in [2.45, 2.75) is 18.9 Å². The van der Waals surface area contributed by atoms with E-state index in [0.717, 1.165) is 16.7 Å². The van der Waals surface area contributed by atoms with Crippen LogP contribution in [0.25, 0.3) is 17.4 Å². The Balaban J connectivity index is 1.83. The zero-order valence-electron chi connectivity index (χ0n) is 15.7. The van der Waals surface area contributed by atoms with E-state index in [-0.39, 0.29) is 33.5 Å². The molecule has 0 saturated carbocycles. The fourth-order valence-corrected chi connectivity index (χ4v) is 4.21. The van der Waals surface area contributed by atoms with Crippen LogP contribution in [0.5, 0.6) is 0 Å². The number of nitrogens with zero attached hydrogens (tertiary/aromatic N) is 2. The van der Waals surface area contributed by atoms with Gasteiger partial charge in [-0.1, -0.05) is 36.1 Å². The molecule has 0 spiro atoms. The van der Waals surface area contributed by atoms with Crippen LogP contribution in [0.4, 0.5) is 5.69 Å². The van der Waals surface area contributed by atoms with Gasteiger partial charge in [-0.05, 0) is 18.6 Å². The summed E-state index contributed by atoms with van der Waals surface area (Å²) < 4.78 is 5.71. The van der Waals surface area contributed by atoms with Gasteiger partial charge in [0.15, 0.2) is 0 Å². The van der Waals surface area contributed by atoms with Gasteiger partial charge in [0.05, 0.1) is 9.83 Å². The number of carboxylic acids is 1. The van der Waals surface area contributed by atoms with Gasteiger partial charge in [0.1, 0.15) is 21.9 Å². The highest BCUT2D eigenvalue weighted by Gasteiger charge is 2.40. The Morgan fingerprint density at radius 1 is 1.35 bits per heavy atom. The van der Waals surface area contributed by atoms with E-state index in [9.17, 15) is 29.6 Å². The lowest BCUT2D eigenvalue weighted by atomic mass is 10.1. The van der Waals surface area contributed by atoms with Gasteiger partial charge in [-0.15, -0.1) is 0 Å². The number of carbonyl (C=O) groups is 3. The fraction of sp³-hybridized carbons (Fsp3) is 0.158. The van der Waals surface area contributed by atoms with Crippen LogP contribution in [-0.2, 0) is 14.4 Å². The minimum Gasteiger partial charge on any atom is -0.480 e. The summed E-state index contributed by atoms with van der Waals surface area (Å²) in [5.41, 5.74) is 5.47. The smallest absolute Gasteiger partial charge is 0.326 e. The Kier molecular flexibility index (Phi) is 6.51. The normalized spacial score (nSPS) is 16.0. The highest BCUT2D eigenvalue weighted by atomic mass is 32.2. The van der Waals surface area contributed by atoms with Crippen LogP contribution < -0.4 is 5.73 Å².